The maximum Gasteiger partial charge on any atom is 0.216 e. The van der Waals surface area contributed by atoms with Crippen LogP contribution in [0.2, 0.25) is 0 Å². The smallest absolute Gasteiger partial charge is 0.216 e. The normalized spacial score (nSPS) is 12.1. The highest BCUT2D eigenvalue weighted by atomic mass is 32.2. The van der Waals surface area contributed by atoms with Gasteiger partial charge < -0.3 is 4.57 Å². The first-order valence-corrected chi connectivity index (χ1v) is 9.55. The summed E-state index contributed by atoms with van der Waals surface area (Å²) in [4.78, 5) is 0. The van der Waals surface area contributed by atoms with Crippen molar-refractivity contribution in [3.8, 4) is 0 Å². The van der Waals surface area contributed by atoms with Gasteiger partial charge in [-0.2, -0.15) is 0 Å². The molecule has 1 heterocycles. The molecule has 1 N–H and O–H groups in total. The van der Waals surface area contributed by atoms with Crippen LogP contribution in [0.1, 0.15) is 48.0 Å². The Kier molecular flexibility index (Phi) is 5.32. The van der Waals surface area contributed by atoms with E-state index in [-0.39, 0.29) is 5.75 Å². The van der Waals surface area contributed by atoms with E-state index in [4.69, 9.17) is 0 Å². The van der Waals surface area contributed by atoms with Crippen LogP contribution in [-0.4, -0.2) is 13.0 Å². The zero-order valence-corrected chi connectivity index (χ0v) is 15.4. The number of rotatable bonds is 6. The maximum absolute atomic E-state index is 12.3. The quantitative estimate of drug-likeness (QED) is 0.877. The van der Waals surface area contributed by atoms with Crippen LogP contribution in [0, 0.1) is 20.8 Å². The highest BCUT2D eigenvalue weighted by molar-refractivity contribution is 7.88. The summed E-state index contributed by atoms with van der Waals surface area (Å²) in [6.45, 7) is 10.7. The first-order valence-electron chi connectivity index (χ1n) is 7.90. The van der Waals surface area contributed by atoms with Crippen molar-refractivity contribution in [2.45, 2.75) is 53.0 Å². The van der Waals surface area contributed by atoms with Crippen molar-refractivity contribution in [3.05, 3.63) is 58.4 Å². The molecule has 2 rings (SSSR count). The molecule has 4 nitrogen and oxygen atoms in total. The Morgan fingerprint density at radius 1 is 1.09 bits per heavy atom. The van der Waals surface area contributed by atoms with E-state index in [0.29, 0.717) is 12.6 Å². The van der Waals surface area contributed by atoms with Crippen LogP contribution in [0.25, 0.3) is 0 Å². The van der Waals surface area contributed by atoms with E-state index in [1.165, 1.54) is 0 Å². The zero-order valence-electron chi connectivity index (χ0n) is 14.6. The summed E-state index contributed by atoms with van der Waals surface area (Å²) in [5, 5.41) is 0. The monoisotopic (exact) mass is 334 g/mol. The Morgan fingerprint density at radius 3 is 2.22 bits per heavy atom. The van der Waals surface area contributed by atoms with E-state index in [1.54, 1.807) is 0 Å². The summed E-state index contributed by atoms with van der Waals surface area (Å²) in [7, 11) is -3.35. The molecule has 0 amide bonds. The molecule has 0 saturated carbocycles. The minimum absolute atomic E-state index is 0.0101. The number of hydrogen-bond acceptors (Lipinski definition) is 2. The lowest BCUT2D eigenvalue weighted by atomic mass is 10.2. The Balaban J connectivity index is 2.08. The second kappa shape index (κ2) is 6.89. The fourth-order valence-electron chi connectivity index (χ4n) is 2.96. The summed E-state index contributed by atoms with van der Waals surface area (Å²) in [6, 6.07) is 10.0. The molecule has 0 unspecified atom stereocenters. The van der Waals surface area contributed by atoms with Gasteiger partial charge in [-0.25, -0.2) is 13.1 Å². The molecule has 23 heavy (non-hydrogen) atoms. The summed E-state index contributed by atoms with van der Waals surface area (Å²) < 4.78 is 29.5. The highest BCUT2D eigenvalue weighted by Gasteiger charge is 2.15. The Labute approximate surface area is 139 Å². The number of aryl methyl sites for hydroxylation is 2. The van der Waals surface area contributed by atoms with Gasteiger partial charge in [0.25, 0.3) is 0 Å². The first-order chi connectivity index (χ1) is 10.7. The lowest BCUT2D eigenvalue weighted by Gasteiger charge is -2.14. The molecule has 5 heteroatoms. The third-order valence-corrected chi connectivity index (χ3v) is 5.36. The molecule has 126 valence electrons. The molecule has 0 radical (unpaired) electrons. The van der Waals surface area contributed by atoms with Gasteiger partial charge in [0.05, 0.1) is 5.75 Å². The standard InChI is InChI=1S/C18H26N2O2S/c1-13(2)20-15(4)10-18(16(20)5)11-19-23(21,22)12-17-8-6-14(3)7-9-17/h6-10,13,19H,11-12H2,1-5H3. The zero-order chi connectivity index (χ0) is 17.2. The average Bonchev–Trinajstić information content (AvgIpc) is 2.73. The predicted octanol–water partition coefficient (Wildman–Crippen LogP) is 3.61. The predicted molar refractivity (Wildman–Crippen MR) is 94.9 cm³/mol. The lowest BCUT2D eigenvalue weighted by Crippen LogP contribution is -2.25. The average molecular weight is 334 g/mol. The van der Waals surface area contributed by atoms with Crippen molar-refractivity contribution in [2.75, 3.05) is 0 Å². The summed E-state index contributed by atoms with van der Waals surface area (Å²) >= 11 is 0. The van der Waals surface area contributed by atoms with Crippen LogP contribution >= 0.6 is 0 Å². The number of hydrogen-bond donors (Lipinski definition) is 1. The van der Waals surface area contributed by atoms with E-state index >= 15 is 0 Å². The van der Waals surface area contributed by atoms with Gasteiger partial charge in [-0.1, -0.05) is 29.8 Å². The van der Waals surface area contributed by atoms with Crippen molar-refractivity contribution in [3.63, 3.8) is 0 Å². The van der Waals surface area contributed by atoms with Gasteiger partial charge in [-0.15, -0.1) is 0 Å². The van der Waals surface area contributed by atoms with E-state index < -0.39 is 10.0 Å². The van der Waals surface area contributed by atoms with Crippen molar-refractivity contribution < 1.29 is 8.42 Å². The molecule has 1 aromatic heterocycles. The topological polar surface area (TPSA) is 51.1 Å². The molecule has 1 aromatic carbocycles. The van der Waals surface area contributed by atoms with Gasteiger partial charge in [0.1, 0.15) is 0 Å². The molecular weight excluding hydrogens is 308 g/mol. The van der Waals surface area contributed by atoms with Gasteiger partial charge in [-0.3, -0.25) is 0 Å². The molecule has 0 spiro atoms. The third kappa shape index (κ3) is 4.45. The van der Waals surface area contributed by atoms with E-state index in [9.17, 15) is 8.42 Å². The number of sulfonamides is 1. The van der Waals surface area contributed by atoms with Crippen LogP contribution in [0.4, 0.5) is 0 Å². The molecule has 2 aromatic rings. The van der Waals surface area contributed by atoms with Crippen molar-refractivity contribution in [2.24, 2.45) is 0 Å². The number of nitrogens with zero attached hydrogens (tertiary/aromatic N) is 1. The number of benzene rings is 1. The summed E-state index contributed by atoms with van der Waals surface area (Å²) in [5.41, 5.74) is 5.24. The van der Waals surface area contributed by atoms with Crippen LogP contribution in [-0.2, 0) is 22.3 Å². The van der Waals surface area contributed by atoms with Crippen LogP contribution in [0.3, 0.4) is 0 Å². The van der Waals surface area contributed by atoms with Crippen molar-refractivity contribution in [1.82, 2.24) is 9.29 Å². The SMILES string of the molecule is Cc1ccc(CS(=O)(=O)NCc2cc(C)n(C(C)C)c2C)cc1. The van der Waals surface area contributed by atoms with Gasteiger partial charge >= 0.3 is 0 Å². The second-order valence-corrected chi connectivity index (χ2v) is 8.23. The van der Waals surface area contributed by atoms with E-state index in [0.717, 1.165) is 28.1 Å². The van der Waals surface area contributed by atoms with E-state index in [1.807, 2.05) is 38.1 Å². The summed E-state index contributed by atoms with van der Waals surface area (Å²) in [6.07, 6.45) is 0. The molecule has 0 bridgehead atoms. The van der Waals surface area contributed by atoms with Crippen LogP contribution in [0.15, 0.2) is 30.3 Å². The molecule has 0 fully saturated rings. The second-order valence-electron chi connectivity index (χ2n) is 6.43. The third-order valence-electron chi connectivity index (χ3n) is 4.07. The largest absolute Gasteiger partial charge is 0.346 e. The van der Waals surface area contributed by atoms with Crippen LogP contribution in [0.5, 0.6) is 0 Å². The van der Waals surface area contributed by atoms with Gasteiger partial charge in [-0.05, 0) is 51.8 Å². The van der Waals surface area contributed by atoms with E-state index in [2.05, 4.69) is 36.1 Å². The Hall–Kier alpha value is -1.59. The minimum Gasteiger partial charge on any atom is -0.346 e. The lowest BCUT2D eigenvalue weighted by molar-refractivity contribution is 0.570. The number of nitrogens with one attached hydrogen (secondary N) is 1. The summed E-state index contributed by atoms with van der Waals surface area (Å²) in [5.74, 6) is 0.0101. The molecule has 0 aliphatic heterocycles. The van der Waals surface area contributed by atoms with Gasteiger partial charge in [0.2, 0.25) is 10.0 Å². The maximum atomic E-state index is 12.3. The fourth-order valence-corrected chi connectivity index (χ4v) is 4.07. The Bertz CT molecular complexity index is 772. The fraction of sp³-hybridized carbons (Fsp3) is 0.444. The van der Waals surface area contributed by atoms with Crippen molar-refractivity contribution >= 4 is 10.0 Å². The van der Waals surface area contributed by atoms with Crippen molar-refractivity contribution in [1.29, 1.82) is 0 Å². The first kappa shape index (κ1) is 17.8. The minimum atomic E-state index is -3.35. The molecule has 0 saturated heterocycles. The van der Waals surface area contributed by atoms with Gasteiger partial charge in [0, 0.05) is 24.0 Å². The molecule has 0 aliphatic carbocycles. The molecule has 0 atom stereocenters. The van der Waals surface area contributed by atoms with Gasteiger partial charge in [0.15, 0.2) is 0 Å². The number of aromatic nitrogens is 1. The molecular formula is C18H26N2O2S. The van der Waals surface area contributed by atoms with Crippen LogP contribution < -0.4 is 4.72 Å². The highest BCUT2D eigenvalue weighted by Crippen LogP contribution is 2.20. The Morgan fingerprint density at radius 2 is 1.70 bits per heavy atom. The molecule has 0 aliphatic rings.